The van der Waals surface area contributed by atoms with Crippen molar-refractivity contribution in [1.82, 2.24) is 14.7 Å². The number of halogens is 1. The van der Waals surface area contributed by atoms with Crippen molar-refractivity contribution < 1.29 is 13.9 Å². The van der Waals surface area contributed by atoms with E-state index >= 15 is 0 Å². The Kier molecular flexibility index (Phi) is 5.88. The van der Waals surface area contributed by atoms with E-state index in [0.29, 0.717) is 13.2 Å². The quantitative estimate of drug-likeness (QED) is 0.860. The minimum absolute atomic E-state index is 0.0447. The fourth-order valence-electron chi connectivity index (χ4n) is 3.21. The summed E-state index contributed by atoms with van der Waals surface area (Å²) < 4.78 is 21.0. The topological polar surface area (TPSA) is 59.4 Å². The molecule has 1 fully saturated rings. The minimum atomic E-state index is -0.341. The van der Waals surface area contributed by atoms with E-state index in [1.54, 1.807) is 29.1 Å². The molecule has 140 valence electrons. The van der Waals surface area contributed by atoms with Crippen LogP contribution in [0.4, 0.5) is 10.1 Å². The zero-order valence-corrected chi connectivity index (χ0v) is 15.2. The first kappa shape index (κ1) is 18.4. The van der Waals surface area contributed by atoms with Gasteiger partial charge in [0, 0.05) is 19.5 Å². The fraction of sp³-hybridized carbons (Fsp3) is 0.474. The zero-order valence-electron chi connectivity index (χ0n) is 15.2. The first-order valence-electron chi connectivity index (χ1n) is 8.91. The lowest BCUT2D eigenvalue weighted by Gasteiger charge is -2.32. The molecule has 1 aromatic heterocycles. The van der Waals surface area contributed by atoms with Crippen molar-refractivity contribution >= 4 is 11.6 Å². The SMILES string of the molecule is Cc1c(NC(=O)CN2CCC[C@H](COc3ccccc3F)C2)cnn1C. The molecule has 1 N–H and O–H groups in total. The molecule has 0 unspecified atom stereocenters. The Hall–Kier alpha value is -2.41. The van der Waals surface area contributed by atoms with Gasteiger partial charge in [-0.1, -0.05) is 12.1 Å². The summed E-state index contributed by atoms with van der Waals surface area (Å²) in [5, 5.41) is 7.04. The largest absolute Gasteiger partial charge is 0.490 e. The molecule has 1 aliphatic heterocycles. The Labute approximate surface area is 152 Å². The van der Waals surface area contributed by atoms with Gasteiger partial charge in [0.25, 0.3) is 0 Å². The number of anilines is 1. The van der Waals surface area contributed by atoms with Crippen LogP contribution in [0.25, 0.3) is 0 Å². The predicted molar refractivity (Wildman–Crippen MR) is 97.6 cm³/mol. The highest BCUT2D eigenvalue weighted by Crippen LogP contribution is 2.21. The van der Waals surface area contributed by atoms with Gasteiger partial charge >= 0.3 is 0 Å². The average Bonchev–Trinajstić information content (AvgIpc) is 2.93. The van der Waals surface area contributed by atoms with Crippen molar-refractivity contribution in [1.29, 1.82) is 0 Å². The highest BCUT2D eigenvalue weighted by atomic mass is 19.1. The number of carbonyl (C=O) groups is 1. The molecule has 26 heavy (non-hydrogen) atoms. The monoisotopic (exact) mass is 360 g/mol. The highest BCUT2D eigenvalue weighted by molar-refractivity contribution is 5.92. The molecule has 2 heterocycles. The molecule has 1 amide bonds. The van der Waals surface area contributed by atoms with E-state index in [1.807, 2.05) is 14.0 Å². The number of aryl methyl sites for hydroxylation is 1. The smallest absolute Gasteiger partial charge is 0.238 e. The second-order valence-electron chi connectivity index (χ2n) is 6.80. The summed E-state index contributed by atoms with van der Waals surface area (Å²) in [4.78, 5) is 14.4. The molecule has 0 radical (unpaired) electrons. The number of aromatic nitrogens is 2. The number of hydrogen-bond donors (Lipinski definition) is 1. The maximum absolute atomic E-state index is 13.6. The second-order valence-corrected chi connectivity index (χ2v) is 6.80. The summed E-state index contributed by atoms with van der Waals surface area (Å²) in [6.45, 7) is 4.37. The van der Waals surface area contributed by atoms with Crippen LogP contribution in [0.3, 0.4) is 0 Å². The lowest BCUT2D eigenvalue weighted by molar-refractivity contribution is -0.117. The molecular formula is C19H25FN4O2. The summed E-state index contributed by atoms with van der Waals surface area (Å²) in [5.41, 5.74) is 1.67. The lowest BCUT2D eigenvalue weighted by Crippen LogP contribution is -2.42. The number of hydrogen-bond acceptors (Lipinski definition) is 4. The Bertz CT molecular complexity index is 762. The van der Waals surface area contributed by atoms with Gasteiger partial charge in [-0.2, -0.15) is 5.10 Å². The molecule has 2 aromatic rings. The van der Waals surface area contributed by atoms with E-state index in [4.69, 9.17) is 4.74 Å². The van der Waals surface area contributed by atoms with Crippen LogP contribution in [0, 0.1) is 18.7 Å². The zero-order chi connectivity index (χ0) is 18.5. The molecule has 1 aliphatic rings. The molecule has 1 saturated heterocycles. The van der Waals surface area contributed by atoms with E-state index < -0.39 is 0 Å². The van der Waals surface area contributed by atoms with Crippen LogP contribution in [0.2, 0.25) is 0 Å². The molecule has 3 rings (SSSR count). The molecule has 1 atom stereocenters. The van der Waals surface area contributed by atoms with Crippen LogP contribution in [-0.4, -0.2) is 46.8 Å². The molecule has 1 aromatic carbocycles. The lowest BCUT2D eigenvalue weighted by atomic mass is 9.99. The van der Waals surface area contributed by atoms with Gasteiger partial charge in [-0.05, 0) is 38.4 Å². The Morgan fingerprint density at radius 3 is 2.96 bits per heavy atom. The Morgan fingerprint density at radius 2 is 2.23 bits per heavy atom. The number of para-hydroxylation sites is 1. The molecule has 0 bridgehead atoms. The number of benzene rings is 1. The molecule has 0 spiro atoms. The van der Waals surface area contributed by atoms with Crippen LogP contribution in [0.15, 0.2) is 30.5 Å². The van der Waals surface area contributed by atoms with Gasteiger partial charge < -0.3 is 10.1 Å². The van der Waals surface area contributed by atoms with Crippen LogP contribution in [0.5, 0.6) is 5.75 Å². The third-order valence-corrected chi connectivity index (χ3v) is 4.79. The number of ether oxygens (including phenoxy) is 1. The van der Waals surface area contributed by atoms with E-state index in [0.717, 1.165) is 37.3 Å². The highest BCUT2D eigenvalue weighted by Gasteiger charge is 2.23. The van der Waals surface area contributed by atoms with E-state index in [2.05, 4.69) is 15.3 Å². The van der Waals surface area contributed by atoms with Crippen molar-refractivity contribution in [2.24, 2.45) is 13.0 Å². The predicted octanol–water partition coefficient (Wildman–Crippen LogP) is 2.60. The number of piperidine rings is 1. The van der Waals surface area contributed by atoms with Crippen LogP contribution in [0.1, 0.15) is 18.5 Å². The summed E-state index contributed by atoms with van der Waals surface area (Å²) in [6, 6.07) is 6.44. The van der Waals surface area contributed by atoms with Gasteiger partial charge in [-0.25, -0.2) is 4.39 Å². The van der Waals surface area contributed by atoms with Gasteiger partial charge in [-0.3, -0.25) is 14.4 Å². The summed E-state index contributed by atoms with van der Waals surface area (Å²) in [6.07, 6.45) is 3.69. The van der Waals surface area contributed by atoms with Crippen molar-refractivity contribution in [3.63, 3.8) is 0 Å². The number of rotatable bonds is 6. The summed E-state index contributed by atoms with van der Waals surface area (Å²) in [5.74, 6) is 0.189. The Morgan fingerprint density at radius 1 is 1.42 bits per heavy atom. The second kappa shape index (κ2) is 8.31. The first-order valence-corrected chi connectivity index (χ1v) is 8.91. The number of carbonyl (C=O) groups excluding carboxylic acids is 1. The average molecular weight is 360 g/mol. The third-order valence-electron chi connectivity index (χ3n) is 4.79. The van der Waals surface area contributed by atoms with Crippen molar-refractivity contribution in [3.8, 4) is 5.75 Å². The fourth-order valence-corrected chi connectivity index (χ4v) is 3.21. The molecular weight excluding hydrogens is 335 g/mol. The minimum Gasteiger partial charge on any atom is -0.490 e. The van der Waals surface area contributed by atoms with Crippen LogP contribution in [-0.2, 0) is 11.8 Å². The number of amides is 1. The maximum Gasteiger partial charge on any atom is 0.238 e. The maximum atomic E-state index is 13.6. The molecule has 0 saturated carbocycles. The third kappa shape index (κ3) is 4.60. The van der Waals surface area contributed by atoms with E-state index in [9.17, 15) is 9.18 Å². The molecule has 6 nitrogen and oxygen atoms in total. The normalized spacial score (nSPS) is 17.9. The van der Waals surface area contributed by atoms with Gasteiger partial charge in [-0.15, -0.1) is 0 Å². The number of likely N-dealkylation sites (tertiary alicyclic amines) is 1. The van der Waals surface area contributed by atoms with Gasteiger partial charge in [0.1, 0.15) is 0 Å². The van der Waals surface area contributed by atoms with Crippen LogP contribution >= 0.6 is 0 Å². The standard InChI is InChI=1S/C19H25FN4O2/c1-14-17(10-21-23(14)2)22-19(25)12-24-9-5-6-15(11-24)13-26-18-8-4-3-7-16(18)20/h3-4,7-8,10,15H,5-6,9,11-13H2,1-2H3,(H,22,25)/t15-/m0/s1. The Balaban J connectivity index is 1.48. The molecule has 0 aliphatic carbocycles. The van der Waals surface area contributed by atoms with Crippen molar-refractivity contribution in [3.05, 3.63) is 42.0 Å². The van der Waals surface area contributed by atoms with Gasteiger partial charge in [0.05, 0.1) is 30.7 Å². The molecule has 7 heteroatoms. The van der Waals surface area contributed by atoms with Crippen LogP contribution < -0.4 is 10.1 Å². The van der Waals surface area contributed by atoms with Crippen molar-refractivity contribution in [2.45, 2.75) is 19.8 Å². The van der Waals surface area contributed by atoms with Gasteiger partial charge in [0.15, 0.2) is 11.6 Å². The first-order chi connectivity index (χ1) is 12.5. The summed E-state index contributed by atoms with van der Waals surface area (Å²) in [7, 11) is 1.84. The van der Waals surface area contributed by atoms with E-state index in [1.165, 1.54) is 6.07 Å². The summed E-state index contributed by atoms with van der Waals surface area (Å²) >= 11 is 0. The van der Waals surface area contributed by atoms with Crippen molar-refractivity contribution in [2.75, 3.05) is 31.6 Å². The van der Waals surface area contributed by atoms with E-state index in [-0.39, 0.29) is 23.4 Å². The van der Waals surface area contributed by atoms with Gasteiger partial charge in [0.2, 0.25) is 5.91 Å². The number of nitrogens with zero attached hydrogens (tertiary/aromatic N) is 3. The number of nitrogens with one attached hydrogen (secondary N) is 1.